The van der Waals surface area contributed by atoms with Crippen LogP contribution >= 0.6 is 0 Å². The van der Waals surface area contributed by atoms with Crippen LogP contribution < -0.4 is 4.74 Å². The zero-order chi connectivity index (χ0) is 11.4. The smallest absolute Gasteiger partial charge is 0.337 e. The number of rotatable bonds is 2. The third kappa shape index (κ3) is 2.58. The van der Waals surface area contributed by atoms with Gasteiger partial charge in [-0.3, -0.25) is 0 Å². The van der Waals surface area contributed by atoms with Crippen molar-refractivity contribution >= 4 is 11.7 Å². The van der Waals surface area contributed by atoms with Crippen molar-refractivity contribution in [1.29, 1.82) is 0 Å². The number of hydrogen-bond acceptors (Lipinski definition) is 3. The molecule has 1 N–H and O–H groups in total. The fourth-order valence-corrected chi connectivity index (χ4v) is 0.864. The molecule has 0 atom stereocenters. The lowest BCUT2D eigenvalue weighted by Crippen LogP contribution is -2.08. The van der Waals surface area contributed by atoms with Crippen LogP contribution in [0.5, 0.6) is 11.5 Å². The van der Waals surface area contributed by atoms with Crippen molar-refractivity contribution in [3.05, 3.63) is 41.8 Å². The minimum absolute atomic E-state index is 0.0398. The molecule has 15 heavy (non-hydrogen) atoms. The van der Waals surface area contributed by atoms with Gasteiger partial charge in [0.2, 0.25) is 5.69 Å². The van der Waals surface area contributed by atoms with E-state index in [1.165, 1.54) is 25.1 Å². The van der Waals surface area contributed by atoms with Gasteiger partial charge in [0.15, 0.2) is 0 Å². The molecule has 0 aliphatic rings. The molecule has 0 bridgehead atoms. The van der Waals surface area contributed by atoms with Gasteiger partial charge in [0.05, 0.1) is 6.57 Å². The van der Waals surface area contributed by atoms with Crippen molar-refractivity contribution in [1.82, 2.24) is 0 Å². The Morgan fingerprint density at radius 1 is 1.60 bits per heavy atom. The molecule has 1 aromatic rings. The summed E-state index contributed by atoms with van der Waals surface area (Å²) in [6, 6.07) is 3.95. The van der Waals surface area contributed by atoms with Gasteiger partial charge in [-0.25, -0.2) is 9.64 Å². The van der Waals surface area contributed by atoms with Crippen LogP contribution in [0, 0.1) is 6.57 Å². The van der Waals surface area contributed by atoms with Crippen molar-refractivity contribution in [3.8, 4) is 11.5 Å². The number of ether oxygens (including phenoxy) is 1. The fraction of sp³-hybridized carbons (Fsp3) is 0.0909. The molecule has 4 nitrogen and oxygen atoms in total. The highest BCUT2D eigenvalue weighted by molar-refractivity contribution is 5.89. The van der Waals surface area contributed by atoms with E-state index in [1.54, 1.807) is 0 Å². The average molecular weight is 203 g/mol. The summed E-state index contributed by atoms with van der Waals surface area (Å²) in [6.07, 6.45) is 0. The monoisotopic (exact) mass is 203 g/mol. The highest BCUT2D eigenvalue weighted by Crippen LogP contribution is 2.31. The average Bonchev–Trinajstić information content (AvgIpc) is 2.18. The summed E-state index contributed by atoms with van der Waals surface area (Å²) in [5, 5.41) is 9.17. The molecule has 1 aromatic carbocycles. The van der Waals surface area contributed by atoms with Crippen molar-refractivity contribution in [3.63, 3.8) is 0 Å². The van der Waals surface area contributed by atoms with Crippen LogP contribution in [0.1, 0.15) is 6.92 Å². The van der Waals surface area contributed by atoms with Crippen LogP contribution in [-0.2, 0) is 4.79 Å². The fourth-order valence-electron chi connectivity index (χ4n) is 0.864. The van der Waals surface area contributed by atoms with Gasteiger partial charge in [0, 0.05) is 11.6 Å². The Kier molecular flexibility index (Phi) is 3.09. The molecule has 0 aliphatic carbocycles. The maximum Gasteiger partial charge on any atom is 0.337 e. The molecule has 0 aromatic heterocycles. The largest absolute Gasteiger partial charge is 0.508 e. The van der Waals surface area contributed by atoms with E-state index < -0.39 is 5.97 Å². The number of hydrogen-bond donors (Lipinski definition) is 1. The van der Waals surface area contributed by atoms with Gasteiger partial charge in [-0.2, -0.15) is 0 Å². The summed E-state index contributed by atoms with van der Waals surface area (Å²) in [5.41, 5.74) is 0.400. The lowest BCUT2D eigenvalue weighted by Gasteiger charge is -2.05. The minimum Gasteiger partial charge on any atom is -0.508 e. The molecule has 0 saturated heterocycles. The number of carbonyl (C=O) groups is 1. The van der Waals surface area contributed by atoms with Gasteiger partial charge < -0.3 is 9.84 Å². The number of phenols is 1. The Morgan fingerprint density at radius 2 is 2.27 bits per heavy atom. The second-order valence-corrected chi connectivity index (χ2v) is 2.93. The zero-order valence-corrected chi connectivity index (χ0v) is 8.15. The van der Waals surface area contributed by atoms with E-state index in [-0.39, 0.29) is 22.8 Å². The van der Waals surface area contributed by atoms with Crippen LogP contribution in [-0.4, -0.2) is 11.1 Å². The van der Waals surface area contributed by atoms with Crippen molar-refractivity contribution < 1.29 is 14.6 Å². The Morgan fingerprint density at radius 3 is 2.80 bits per heavy atom. The quantitative estimate of drug-likeness (QED) is 0.347. The van der Waals surface area contributed by atoms with Gasteiger partial charge >= 0.3 is 5.97 Å². The first-order valence-corrected chi connectivity index (χ1v) is 4.12. The van der Waals surface area contributed by atoms with E-state index in [0.29, 0.717) is 0 Å². The predicted molar refractivity (Wildman–Crippen MR) is 54.8 cm³/mol. The molecule has 76 valence electrons. The Hall–Kier alpha value is -2.28. The summed E-state index contributed by atoms with van der Waals surface area (Å²) in [6.45, 7) is 11.8. The molecule has 4 heteroatoms. The predicted octanol–water partition coefficient (Wildman–Crippen LogP) is 2.42. The van der Waals surface area contributed by atoms with Gasteiger partial charge in [-0.1, -0.05) is 6.58 Å². The number of carbonyl (C=O) groups excluding carboxylic acids is 1. The highest BCUT2D eigenvalue weighted by Gasteiger charge is 2.10. The topological polar surface area (TPSA) is 50.9 Å². The molecule has 0 heterocycles. The SMILES string of the molecule is [C-]#[N+]c1ccc(O)cc1OC(=O)C(=C)C. The number of esters is 1. The van der Waals surface area contributed by atoms with Crippen molar-refractivity contribution in [2.24, 2.45) is 0 Å². The second-order valence-electron chi connectivity index (χ2n) is 2.93. The summed E-state index contributed by atoms with van der Waals surface area (Å²) < 4.78 is 4.87. The van der Waals surface area contributed by atoms with Gasteiger partial charge in [0.1, 0.15) is 11.5 Å². The van der Waals surface area contributed by atoms with E-state index in [4.69, 9.17) is 16.4 Å². The number of nitrogens with zero attached hydrogens (tertiary/aromatic N) is 1. The summed E-state index contributed by atoms with van der Waals surface area (Å²) in [7, 11) is 0. The van der Waals surface area contributed by atoms with Gasteiger partial charge in [-0.05, 0) is 19.1 Å². The number of benzene rings is 1. The number of phenolic OH excluding ortho intramolecular Hbond substituents is 1. The van der Waals surface area contributed by atoms with E-state index in [1.807, 2.05) is 0 Å². The molecule has 0 amide bonds. The van der Waals surface area contributed by atoms with Crippen LogP contribution in [0.25, 0.3) is 4.85 Å². The summed E-state index contributed by atoms with van der Waals surface area (Å²) in [5.74, 6) is -0.643. The van der Waals surface area contributed by atoms with Crippen LogP contribution in [0.2, 0.25) is 0 Å². The molecule has 0 aliphatic heterocycles. The van der Waals surface area contributed by atoms with Crippen LogP contribution in [0.15, 0.2) is 30.4 Å². The van der Waals surface area contributed by atoms with Crippen LogP contribution in [0.4, 0.5) is 5.69 Å². The van der Waals surface area contributed by atoms with E-state index >= 15 is 0 Å². The summed E-state index contributed by atoms with van der Waals surface area (Å²) >= 11 is 0. The first-order valence-electron chi connectivity index (χ1n) is 4.12. The molecule has 1 rings (SSSR count). The number of aromatic hydroxyl groups is 1. The first-order chi connectivity index (χ1) is 7.04. The molecule has 0 radical (unpaired) electrons. The Bertz CT molecular complexity index is 457. The maximum atomic E-state index is 11.2. The summed E-state index contributed by atoms with van der Waals surface area (Å²) in [4.78, 5) is 14.3. The molecule has 0 fully saturated rings. The molecular formula is C11H9NO3. The minimum atomic E-state index is -0.620. The lowest BCUT2D eigenvalue weighted by atomic mass is 10.3. The third-order valence-corrected chi connectivity index (χ3v) is 1.61. The van der Waals surface area contributed by atoms with Crippen LogP contribution in [0.3, 0.4) is 0 Å². The Balaban J connectivity index is 3.04. The highest BCUT2D eigenvalue weighted by atomic mass is 16.5. The first kappa shape index (κ1) is 10.8. The molecule has 0 spiro atoms. The maximum absolute atomic E-state index is 11.2. The van der Waals surface area contributed by atoms with Gasteiger partial charge in [0.25, 0.3) is 0 Å². The zero-order valence-electron chi connectivity index (χ0n) is 8.15. The standard InChI is InChI=1S/C11H9NO3/c1-7(2)11(14)15-10-6-8(13)4-5-9(10)12-3/h4-6,13H,1H2,2H3. The normalized spacial score (nSPS) is 9.07. The van der Waals surface area contributed by atoms with Crippen molar-refractivity contribution in [2.75, 3.05) is 0 Å². The molecular weight excluding hydrogens is 194 g/mol. The van der Waals surface area contributed by atoms with Crippen molar-refractivity contribution in [2.45, 2.75) is 6.92 Å². The van der Waals surface area contributed by atoms with Gasteiger partial charge in [-0.15, -0.1) is 0 Å². The second kappa shape index (κ2) is 4.29. The lowest BCUT2D eigenvalue weighted by molar-refractivity contribution is -0.130. The molecule has 0 saturated carbocycles. The Labute approximate surface area is 87.2 Å². The third-order valence-electron chi connectivity index (χ3n) is 1.61. The van der Waals surface area contributed by atoms with E-state index in [9.17, 15) is 4.79 Å². The van der Waals surface area contributed by atoms with E-state index in [2.05, 4.69) is 11.4 Å². The van der Waals surface area contributed by atoms with E-state index in [0.717, 1.165) is 0 Å². The molecule has 0 unspecified atom stereocenters.